The first-order valence-electron chi connectivity index (χ1n) is 8.93. The molecule has 3 aromatic rings. The molecule has 3 rings (SSSR count). The van der Waals surface area contributed by atoms with Crippen LogP contribution >= 0.6 is 15.9 Å². The van der Waals surface area contributed by atoms with E-state index >= 15 is 0 Å². The van der Waals surface area contributed by atoms with Crippen molar-refractivity contribution in [3.05, 3.63) is 81.8 Å². The molecule has 4 heteroatoms. The largest absolute Gasteiger partial charge is 0.273 e. The van der Waals surface area contributed by atoms with Gasteiger partial charge in [0.1, 0.15) is 0 Å². The molecule has 138 valence electrons. The van der Waals surface area contributed by atoms with Gasteiger partial charge in [-0.15, -0.1) is 0 Å². The summed E-state index contributed by atoms with van der Waals surface area (Å²) in [6, 6.07) is 20.2. The van der Waals surface area contributed by atoms with Gasteiger partial charge in [0.25, 0.3) is 0 Å². The molecule has 3 nitrogen and oxygen atoms in total. The second kappa shape index (κ2) is 8.05. The summed E-state index contributed by atoms with van der Waals surface area (Å²) in [6.07, 6.45) is 1.96. The number of halogens is 1. The molecular formula is C23H23BrN2O. The second-order valence-corrected chi connectivity index (χ2v) is 8.45. The van der Waals surface area contributed by atoms with Gasteiger partial charge in [0.2, 0.25) is 5.91 Å². The van der Waals surface area contributed by atoms with Crippen LogP contribution < -0.4 is 5.43 Å². The van der Waals surface area contributed by atoms with Crippen LogP contribution in [0.1, 0.15) is 37.5 Å². The van der Waals surface area contributed by atoms with Gasteiger partial charge in [-0.2, -0.15) is 5.10 Å². The van der Waals surface area contributed by atoms with Crippen molar-refractivity contribution in [3.63, 3.8) is 0 Å². The number of nitrogens with one attached hydrogen (secondary N) is 1. The first-order valence-corrected chi connectivity index (χ1v) is 9.72. The standard InChI is InChI=1S/C23H23BrN2O/c1-23(2,3)18-11-8-16(9-12-18)15-25-26-22(27)14-17-10-13-21(24)20-7-5-4-6-19(17)20/h4-13,15H,14H2,1-3H3,(H,26,27)/b25-15-. The van der Waals surface area contributed by atoms with Crippen molar-refractivity contribution in [2.24, 2.45) is 5.10 Å². The molecule has 0 saturated heterocycles. The van der Waals surface area contributed by atoms with Crippen molar-refractivity contribution in [1.29, 1.82) is 0 Å². The number of hydrogen-bond acceptors (Lipinski definition) is 2. The number of fused-ring (bicyclic) bond motifs is 1. The van der Waals surface area contributed by atoms with E-state index in [0.717, 1.165) is 26.4 Å². The first kappa shape index (κ1) is 19.3. The SMILES string of the molecule is CC(C)(C)c1ccc(/C=N\NC(=O)Cc2ccc(Br)c3ccccc23)cc1. The van der Waals surface area contributed by atoms with Crippen LogP contribution in [0.2, 0.25) is 0 Å². The zero-order chi connectivity index (χ0) is 19.4. The highest BCUT2D eigenvalue weighted by atomic mass is 79.9. The number of benzene rings is 3. The molecule has 0 radical (unpaired) electrons. The van der Waals surface area contributed by atoms with Crippen molar-refractivity contribution in [2.75, 3.05) is 0 Å². The van der Waals surface area contributed by atoms with E-state index in [4.69, 9.17) is 0 Å². The Morgan fingerprint density at radius 1 is 1.00 bits per heavy atom. The highest BCUT2D eigenvalue weighted by molar-refractivity contribution is 9.10. The lowest BCUT2D eigenvalue weighted by Gasteiger charge is -2.18. The minimum Gasteiger partial charge on any atom is -0.273 e. The monoisotopic (exact) mass is 422 g/mol. The summed E-state index contributed by atoms with van der Waals surface area (Å²) >= 11 is 3.56. The molecule has 0 saturated carbocycles. The molecule has 1 N–H and O–H groups in total. The molecule has 0 spiro atoms. The van der Waals surface area contributed by atoms with Gasteiger partial charge in [-0.1, -0.05) is 91.3 Å². The lowest BCUT2D eigenvalue weighted by atomic mass is 9.87. The third-order valence-electron chi connectivity index (χ3n) is 4.49. The number of hydrogen-bond donors (Lipinski definition) is 1. The summed E-state index contributed by atoms with van der Waals surface area (Å²) in [5, 5.41) is 6.27. The third-order valence-corrected chi connectivity index (χ3v) is 5.18. The highest BCUT2D eigenvalue weighted by Gasteiger charge is 2.12. The molecular weight excluding hydrogens is 400 g/mol. The fraction of sp³-hybridized carbons (Fsp3) is 0.217. The predicted molar refractivity (Wildman–Crippen MR) is 116 cm³/mol. The number of nitrogens with zero attached hydrogens (tertiary/aromatic N) is 1. The van der Waals surface area contributed by atoms with Gasteiger partial charge in [0.05, 0.1) is 12.6 Å². The highest BCUT2D eigenvalue weighted by Crippen LogP contribution is 2.27. The van der Waals surface area contributed by atoms with Gasteiger partial charge >= 0.3 is 0 Å². The maximum atomic E-state index is 12.3. The van der Waals surface area contributed by atoms with Crippen molar-refractivity contribution in [3.8, 4) is 0 Å². The van der Waals surface area contributed by atoms with Crippen molar-refractivity contribution in [2.45, 2.75) is 32.6 Å². The maximum Gasteiger partial charge on any atom is 0.244 e. The topological polar surface area (TPSA) is 41.5 Å². The van der Waals surface area contributed by atoms with Gasteiger partial charge in [-0.05, 0) is 38.9 Å². The normalized spacial score (nSPS) is 11.9. The smallest absolute Gasteiger partial charge is 0.244 e. The maximum absolute atomic E-state index is 12.3. The third kappa shape index (κ3) is 4.83. The molecule has 0 atom stereocenters. The lowest BCUT2D eigenvalue weighted by Crippen LogP contribution is -2.20. The summed E-state index contributed by atoms with van der Waals surface area (Å²) < 4.78 is 1.03. The minimum absolute atomic E-state index is 0.122. The Balaban J connectivity index is 1.65. The lowest BCUT2D eigenvalue weighted by molar-refractivity contribution is -0.120. The molecule has 0 aliphatic carbocycles. The Bertz CT molecular complexity index is 985. The van der Waals surface area contributed by atoms with Crippen LogP contribution in [-0.4, -0.2) is 12.1 Å². The molecule has 0 aliphatic heterocycles. The van der Waals surface area contributed by atoms with Crippen molar-refractivity contribution < 1.29 is 4.79 Å². The molecule has 0 aliphatic rings. The van der Waals surface area contributed by atoms with E-state index in [0.29, 0.717) is 0 Å². The fourth-order valence-corrected chi connectivity index (χ4v) is 3.42. The van der Waals surface area contributed by atoms with Gasteiger partial charge in [0.15, 0.2) is 0 Å². The predicted octanol–water partition coefficient (Wildman–Crippen LogP) is 5.59. The molecule has 3 aromatic carbocycles. The molecule has 1 amide bonds. The Kier molecular flexibility index (Phi) is 5.76. The summed E-state index contributed by atoms with van der Waals surface area (Å²) in [7, 11) is 0. The van der Waals surface area contributed by atoms with Crippen LogP contribution in [0.25, 0.3) is 10.8 Å². The summed E-state index contributed by atoms with van der Waals surface area (Å²) in [5.41, 5.74) is 5.95. The van der Waals surface area contributed by atoms with Crippen LogP contribution in [0, 0.1) is 0 Å². The van der Waals surface area contributed by atoms with E-state index in [2.05, 4.69) is 59.4 Å². The Labute approximate surface area is 168 Å². The first-order chi connectivity index (χ1) is 12.8. The van der Waals surface area contributed by atoms with E-state index < -0.39 is 0 Å². The number of rotatable bonds is 4. The van der Waals surface area contributed by atoms with Crippen LogP contribution in [0.5, 0.6) is 0 Å². The molecule has 27 heavy (non-hydrogen) atoms. The second-order valence-electron chi connectivity index (χ2n) is 7.59. The van der Waals surface area contributed by atoms with Crippen LogP contribution in [0.15, 0.2) is 70.2 Å². The molecule has 0 fully saturated rings. The van der Waals surface area contributed by atoms with Gasteiger partial charge < -0.3 is 0 Å². The van der Waals surface area contributed by atoms with Crippen LogP contribution in [-0.2, 0) is 16.6 Å². The Morgan fingerprint density at radius 2 is 1.67 bits per heavy atom. The molecule has 0 unspecified atom stereocenters. The summed E-state index contributed by atoms with van der Waals surface area (Å²) in [5.74, 6) is -0.134. The number of hydrazone groups is 1. The zero-order valence-corrected chi connectivity index (χ0v) is 17.4. The average molecular weight is 423 g/mol. The number of amides is 1. The molecule has 0 bridgehead atoms. The van der Waals surface area contributed by atoms with E-state index in [-0.39, 0.29) is 17.7 Å². The van der Waals surface area contributed by atoms with Crippen LogP contribution in [0.4, 0.5) is 0 Å². The minimum atomic E-state index is -0.134. The molecule has 0 heterocycles. The van der Waals surface area contributed by atoms with Crippen molar-refractivity contribution in [1.82, 2.24) is 5.43 Å². The summed E-state index contributed by atoms with van der Waals surface area (Å²) in [4.78, 5) is 12.3. The Morgan fingerprint density at radius 3 is 2.33 bits per heavy atom. The van der Waals surface area contributed by atoms with Gasteiger partial charge in [0, 0.05) is 4.47 Å². The van der Waals surface area contributed by atoms with E-state index in [9.17, 15) is 4.79 Å². The van der Waals surface area contributed by atoms with Gasteiger partial charge in [-0.3, -0.25) is 4.79 Å². The fourth-order valence-electron chi connectivity index (χ4n) is 2.94. The van der Waals surface area contributed by atoms with E-state index in [1.54, 1.807) is 6.21 Å². The van der Waals surface area contributed by atoms with E-state index in [1.807, 2.05) is 48.5 Å². The van der Waals surface area contributed by atoms with Gasteiger partial charge in [-0.25, -0.2) is 5.43 Å². The molecule has 0 aromatic heterocycles. The average Bonchev–Trinajstić information content (AvgIpc) is 2.64. The number of carbonyl (C=O) groups excluding carboxylic acids is 1. The summed E-state index contributed by atoms with van der Waals surface area (Å²) in [6.45, 7) is 6.55. The number of carbonyl (C=O) groups is 1. The van der Waals surface area contributed by atoms with Crippen LogP contribution in [0.3, 0.4) is 0 Å². The zero-order valence-electron chi connectivity index (χ0n) is 15.8. The van der Waals surface area contributed by atoms with E-state index in [1.165, 1.54) is 5.56 Å². The Hall–Kier alpha value is -2.46. The van der Waals surface area contributed by atoms with Crippen molar-refractivity contribution >= 4 is 38.8 Å². The quantitative estimate of drug-likeness (QED) is 0.431.